The van der Waals surface area contributed by atoms with Gasteiger partial charge in [-0.05, 0) is 30.7 Å². The van der Waals surface area contributed by atoms with Crippen molar-refractivity contribution in [2.24, 2.45) is 5.73 Å². The quantitative estimate of drug-likeness (QED) is 0.550. The molecule has 2 aromatic rings. The summed E-state index contributed by atoms with van der Waals surface area (Å²) in [6.07, 6.45) is -0.610. The van der Waals surface area contributed by atoms with Crippen LogP contribution in [-0.2, 0) is 0 Å². The fourth-order valence-electron chi connectivity index (χ4n) is 2.31. The average molecular weight is 330 g/mol. The van der Waals surface area contributed by atoms with Crippen molar-refractivity contribution in [3.8, 4) is 11.5 Å². The number of hydrogen-bond acceptors (Lipinski definition) is 5. The average Bonchev–Trinajstić information content (AvgIpc) is 2.59. The molecule has 0 saturated heterocycles. The normalized spacial score (nSPS) is 13.2. The Morgan fingerprint density at radius 1 is 1.25 bits per heavy atom. The molecule has 24 heavy (non-hydrogen) atoms. The number of aromatic hydroxyl groups is 1. The lowest BCUT2D eigenvalue weighted by atomic mass is 10.0. The number of phenols is 1. The molecule has 1 unspecified atom stereocenters. The molecule has 0 saturated carbocycles. The van der Waals surface area contributed by atoms with Crippen LogP contribution in [0.1, 0.15) is 28.9 Å². The van der Waals surface area contributed by atoms with Gasteiger partial charge < -0.3 is 26.0 Å². The molecule has 128 valence electrons. The van der Waals surface area contributed by atoms with Crippen LogP contribution in [0.15, 0.2) is 48.5 Å². The van der Waals surface area contributed by atoms with E-state index in [-0.39, 0.29) is 17.4 Å². The van der Waals surface area contributed by atoms with E-state index < -0.39 is 12.0 Å². The van der Waals surface area contributed by atoms with Gasteiger partial charge in [-0.15, -0.1) is 0 Å². The molecule has 1 amide bonds. The number of nitrogens with one attached hydrogen (secondary N) is 1. The molecule has 6 heteroatoms. The fourth-order valence-corrected chi connectivity index (χ4v) is 2.31. The summed E-state index contributed by atoms with van der Waals surface area (Å²) in [5.74, 6) is -0.442. The smallest absolute Gasteiger partial charge is 0.252 e. The second-order valence-corrected chi connectivity index (χ2v) is 5.49. The van der Waals surface area contributed by atoms with Gasteiger partial charge in [0.2, 0.25) is 0 Å². The minimum absolute atomic E-state index is 0.0216. The number of carbonyl (C=O) groups excluding carboxylic acids is 1. The van der Waals surface area contributed by atoms with Crippen molar-refractivity contribution in [2.45, 2.75) is 19.1 Å². The summed E-state index contributed by atoms with van der Waals surface area (Å²) in [5, 5.41) is 23.0. The van der Waals surface area contributed by atoms with Crippen LogP contribution in [0.2, 0.25) is 0 Å². The van der Waals surface area contributed by atoms with E-state index in [0.29, 0.717) is 18.9 Å². The Bertz CT molecular complexity index is 676. The summed E-state index contributed by atoms with van der Waals surface area (Å²) < 4.78 is 5.52. The van der Waals surface area contributed by atoms with Gasteiger partial charge in [0, 0.05) is 12.6 Å². The summed E-state index contributed by atoms with van der Waals surface area (Å²) in [6.45, 7) is 2.75. The number of primary amides is 1. The first-order valence-electron chi connectivity index (χ1n) is 7.71. The van der Waals surface area contributed by atoms with Crippen molar-refractivity contribution in [2.75, 3.05) is 13.2 Å². The van der Waals surface area contributed by atoms with E-state index in [4.69, 9.17) is 10.5 Å². The third-order valence-corrected chi connectivity index (χ3v) is 3.69. The number of rotatable bonds is 8. The summed E-state index contributed by atoms with van der Waals surface area (Å²) in [5.41, 5.74) is 6.04. The highest BCUT2D eigenvalue weighted by Gasteiger charge is 2.15. The predicted molar refractivity (Wildman–Crippen MR) is 91.0 cm³/mol. The maximum Gasteiger partial charge on any atom is 0.252 e. The number of benzene rings is 2. The number of carbonyl (C=O) groups is 1. The summed E-state index contributed by atoms with van der Waals surface area (Å²) in [6, 6.07) is 13.6. The molecule has 0 spiro atoms. The number of aliphatic hydroxyl groups is 1. The third kappa shape index (κ3) is 4.71. The van der Waals surface area contributed by atoms with Gasteiger partial charge in [0.1, 0.15) is 18.1 Å². The highest BCUT2D eigenvalue weighted by molar-refractivity contribution is 5.95. The number of aliphatic hydroxyl groups excluding tert-OH is 1. The van der Waals surface area contributed by atoms with Crippen LogP contribution in [0.4, 0.5) is 0 Å². The van der Waals surface area contributed by atoms with Crippen molar-refractivity contribution in [1.82, 2.24) is 5.32 Å². The number of nitrogens with two attached hydrogens (primary N) is 1. The van der Waals surface area contributed by atoms with E-state index in [9.17, 15) is 15.0 Å². The first-order valence-corrected chi connectivity index (χ1v) is 7.71. The molecular formula is C18H22N2O4. The van der Waals surface area contributed by atoms with E-state index in [2.05, 4.69) is 5.32 Å². The lowest BCUT2D eigenvalue weighted by Crippen LogP contribution is -2.35. The van der Waals surface area contributed by atoms with Crippen molar-refractivity contribution >= 4 is 5.91 Å². The molecule has 6 nitrogen and oxygen atoms in total. The SMILES string of the molecule is CC(NCCOc1ccc(O)c(C(N)=O)c1)[C@H](O)c1ccccc1. The molecule has 2 atom stereocenters. The molecule has 2 aromatic carbocycles. The van der Waals surface area contributed by atoms with Gasteiger partial charge in [-0.1, -0.05) is 30.3 Å². The molecule has 5 N–H and O–H groups in total. The van der Waals surface area contributed by atoms with Crippen molar-refractivity contribution < 1.29 is 19.7 Å². The monoisotopic (exact) mass is 330 g/mol. The second-order valence-electron chi connectivity index (χ2n) is 5.49. The Balaban J connectivity index is 1.80. The van der Waals surface area contributed by atoms with Gasteiger partial charge in [0.15, 0.2) is 0 Å². The zero-order chi connectivity index (χ0) is 17.5. The number of hydrogen-bond donors (Lipinski definition) is 4. The van der Waals surface area contributed by atoms with Crippen LogP contribution in [0.25, 0.3) is 0 Å². The molecule has 0 aromatic heterocycles. The maximum absolute atomic E-state index is 11.2. The first-order chi connectivity index (χ1) is 11.5. The van der Waals surface area contributed by atoms with Gasteiger partial charge in [-0.3, -0.25) is 4.79 Å². The van der Waals surface area contributed by atoms with Crippen molar-refractivity contribution in [1.29, 1.82) is 0 Å². The number of amides is 1. The highest BCUT2D eigenvalue weighted by Crippen LogP contribution is 2.22. The molecule has 0 bridgehead atoms. The Morgan fingerprint density at radius 2 is 1.96 bits per heavy atom. The van der Waals surface area contributed by atoms with Crippen LogP contribution < -0.4 is 15.8 Å². The zero-order valence-electron chi connectivity index (χ0n) is 13.5. The lowest BCUT2D eigenvalue weighted by Gasteiger charge is -2.20. The molecule has 2 rings (SSSR count). The minimum atomic E-state index is -0.712. The lowest BCUT2D eigenvalue weighted by molar-refractivity contribution is 0.0997. The van der Waals surface area contributed by atoms with Crippen molar-refractivity contribution in [3.63, 3.8) is 0 Å². The molecule has 0 fully saturated rings. The Labute approximate surface area is 140 Å². The Morgan fingerprint density at radius 3 is 2.62 bits per heavy atom. The van der Waals surface area contributed by atoms with Crippen LogP contribution >= 0.6 is 0 Å². The van der Waals surface area contributed by atoms with Gasteiger partial charge in [-0.2, -0.15) is 0 Å². The fraction of sp³-hybridized carbons (Fsp3) is 0.278. The predicted octanol–water partition coefficient (Wildman–Crippen LogP) is 1.58. The largest absolute Gasteiger partial charge is 0.507 e. The second kappa shape index (κ2) is 8.33. The molecule has 0 aliphatic heterocycles. The minimum Gasteiger partial charge on any atom is -0.507 e. The van der Waals surface area contributed by atoms with Crippen LogP contribution in [0.3, 0.4) is 0 Å². The summed E-state index contributed by atoms with van der Waals surface area (Å²) in [7, 11) is 0. The van der Waals surface area contributed by atoms with E-state index >= 15 is 0 Å². The van der Waals surface area contributed by atoms with Crippen molar-refractivity contribution in [3.05, 3.63) is 59.7 Å². The van der Waals surface area contributed by atoms with Crippen LogP contribution in [-0.4, -0.2) is 35.3 Å². The van der Waals surface area contributed by atoms with E-state index in [1.54, 1.807) is 6.07 Å². The molecule has 0 radical (unpaired) electrons. The summed E-state index contributed by atoms with van der Waals surface area (Å²) >= 11 is 0. The standard InChI is InChI=1S/C18H22N2O4/c1-12(17(22)13-5-3-2-4-6-13)20-9-10-24-14-7-8-16(21)15(11-14)18(19)23/h2-8,11-12,17,20-22H,9-10H2,1H3,(H2,19,23)/t12?,17-/m0/s1. The molecular weight excluding hydrogens is 308 g/mol. The summed E-state index contributed by atoms with van der Waals surface area (Å²) in [4.78, 5) is 11.2. The van der Waals surface area contributed by atoms with Gasteiger partial charge >= 0.3 is 0 Å². The highest BCUT2D eigenvalue weighted by atomic mass is 16.5. The number of ether oxygens (including phenoxy) is 1. The molecule has 0 aliphatic carbocycles. The molecule has 0 heterocycles. The van der Waals surface area contributed by atoms with Gasteiger partial charge in [-0.25, -0.2) is 0 Å². The topological polar surface area (TPSA) is 105 Å². The van der Waals surface area contributed by atoms with Gasteiger partial charge in [0.25, 0.3) is 5.91 Å². The van der Waals surface area contributed by atoms with Crippen LogP contribution in [0.5, 0.6) is 11.5 Å². The van der Waals surface area contributed by atoms with E-state index in [1.807, 2.05) is 37.3 Å². The van der Waals surface area contributed by atoms with Crippen LogP contribution in [0, 0.1) is 0 Å². The van der Waals surface area contributed by atoms with Gasteiger partial charge in [0.05, 0.1) is 11.7 Å². The van der Waals surface area contributed by atoms with E-state index in [0.717, 1.165) is 5.56 Å². The zero-order valence-corrected chi connectivity index (χ0v) is 13.5. The maximum atomic E-state index is 11.2. The first kappa shape index (κ1) is 17.8. The third-order valence-electron chi connectivity index (χ3n) is 3.69. The van der Waals surface area contributed by atoms with E-state index in [1.165, 1.54) is 12.1 Å². The molecule has 0 aliphatic rings. The Kier molecular flexibility index (Phi) is 6.17. The Hall–Kier alpha value is -2.57.